The number of carbonyl (C=O) groups excluding carboxylic acids is 1. The minimum atomic E-state index is -4.44. The second-order valence-corrected chi connectivity index (χ2v) is 4.75. The van der Waals surface area contributed by atoms with Gasteiger partial charge >= 0.3 is 6.18 Å². The van der Waals surface area contributed by atoms with E-state index >= 15 is 0 Å². The van der Waals surface area contributed by atoms with Gasteiger partial charge in [-0.15, -0.1) is 0 Å². The molecule has 0 aromatic heterocycles. The van der Waals surface area contributed by atoms with Crippen molar-refractivity contribution in [3.63, 3.8) is 0 Å². The third-order valence-electron chi connectivity index (χ3n) is 2.30. The van der Waals surface area contributed by atoms with Crippen molar-refractivity contribution in [2.45, 2.75) is 12.6 Å². The van der Waals surface area contributed by atoms with Crippen molar-refractivity contribution in [2.75, 3.05) is 13.6 Å². The second kappa shape index (κ2) is 5.85. The summed E-state index contributed by atoms with van der Waals surface area (Å²) in [6.07, 6.45) is -5.68. The lowest BCUT2D eigenvalue weighted by atomic mass is 10.1. The molecule has 0 aliphatic rings. The molecule has 0 saturated carbocycles. The lowest BCUT2D eigenvalue weighted by Gasteiger charge is -2.18. The molecule has 106 valence electrons. The first-order chi connectivity index (χ1) is 8.61. The van der Waals surface area contributed by atoms with E-state index in [9.17, 15) is 26.7 Å². The Morgan fingerprint density at radius 3 is 2.16 bits per heavy atom. The van der Waals surface area contributed by atoms with Crippen LogP contribution in [0.1, 0.15) is 16.8 Å². The largest absolute Gasteiger partial charge is 0.390 e. The fourth-order valence-corrected chi connectivity index (χ4v) is 1.74. The minimum absolute atomic E-state index is 0.0944. The van der Waals surface area contributed by atoms with Gasteiger partial charge in [-0.05, 0) is 12.1 Å². The number of rotatable bonds is 3. The minimum Gasteiger partial charge on any atom is -0.341 e. The van der Waals surface area contributed by atoms with Gasteiger partial charge < -0.3 is 4.90 Å². The van der Waals surface area contributed by atoms with Gasteiger partial charge in [-0.1, -0.05) is 15.9 Å². The Balaban J connectivity index is 2.89. The summed E-state index contributed by atoms with van der Waals surface area (Å²) < 4.78 is 63.0. The SMILES string of the molecule is CN(CCC(F)(F)F)C(=O)c1c(F)cc(Br)cc1F. The van der Waals surface area contributed by atoms with Crippen LogP contribution in [0.15, 0.2) is 16.6 Å². The molecule has 1 rings (SSSR count). The highest BCUT2D eigenvalue weighted by molar-refractivity contribution is 9.10. The Kier molecular flexibility index (Phi) is 4.89. The normalized spacial score (nSPS) is 11.5. The summed E-state index contributed by atoms with van der Waals surface area (Å²) >= 11 is 2.84. The predicted molar refractivity (Wildman–Crippen MR) is 61.7 cm³/mol. The molecule has 0 N–H and O–H groups in total. The van der Waals surface area contributed by atoms with Crippen molar-refractivity contribution in [1.29, 1.82) is 0 Å². The Hall–Kier alpha value is -1.18. The molecule has 0 fully saturated rings. The van der Waals surface area contributed by atoms with Crippen molar-refractivity contribution in [3.05, 3.63) is 33.8 Å². The number of carbonyl (C=O) groups is 1. The molecular weight excluding hydrogens is 337 g/mol. The zero-order valence-corrected chi connectivity index (χ0v) is 11.3. The Labute approximate surface area is 114 Å². The third kappa shape index (κ3) is 4.45. The highest BCUT2D eigenvalue weighted by atomic mass is 79.9. The van der Waals surface area contributed by atoms with E-state index < -0.39 is 42.2 Å². The van der Waals surface area contributed by atoms with Crippen molar-refractivity contribution in [2.24, 2.45) is 0 Å². The summed E-state index contributed by atoms with van der Waals surface area (Å²) in [6, 6.07) is 1.74. The summed E-state index contributed by atoms with van der Waals surface area (Å²) in [6.45, 7) is -0.669. The number of amides is 1. The van der Waals surface area contributed by atoms with Crippen LogP contribution in [0.25, 0.3) is 0 Å². The van der Waals surface area contributed by atoms with Gasteiger partial charge in [0.25, 0.3) is 5.91 Å². The quantitative estimate of drug-likeness (QED) is 0.764. The van der Waals surface area contributed by atoms with Gasteiger partial charge in [-0.3, -0.25) is 4.79 Å². The fourth-order valence-electron chi connectivity index (χ4n) is 1.33. The van der Waals surface area contributed by atoms with E-state index in [0.29, 0.717) is 4.90 Å². The molecule has 2 nitrogen and oxygen atoms in total. The van der Waals surface area contributed by atoms with Gasteiger partial charge in [0.05, 0.1) is 6.42 Å². The van der Waals surface area contributed by atoms with E-state index in [0.717, 1.165) is 19.2 Å². The number of alkyl halides is 3. The monoisotopic (exact) mass is 345 g/mol. The number of halogens is 6. The molecule has 0 atom stereocenters. The second-order valence-electron chi connectivity index (χ2n) is 3.84. The number of hydrogen-bond donors (Lipinski definition) is 0. The highest BCUT2D eigenvalue weighted by Gasteiger charge is 2.29. The predicted octanol–water partition coefficient (Wildman–Crippen LogP) is 3.75. The van der Waals surface area contributed by atoms with Gasteiger partial charge in [0, 0.05) is 18.1 Å². The van der Waals surface area contributed by atoms with Gasteiger partial charge in [0.2, 0.25) is 0 Å². The number of hydrogen-bond acceptors (Lipinski definition) is 1. The van der Waals surface area contributed by atoms with Crippen LogP contribution in [0.3, 0.4) is 0 Å². The molecular formula is C11H9BrF5NO. The van der Waals surface area contributed by atoms with Crippen LogP contribution in [0.5, 0.6) is 0 Å². The van der Waals surface area contributed by atoms with Crippen LogP contribution in [0.2, 0.25) is 0 Å². The van der Waals surface area contributed by atoms with Crippen LogP contribution >= 0.6 is 15.9 Å². The number of nitrogens with zero attached hydrogens (tertiary/aromatic N) is 1. The highest BCUT2D eigenvalue weighted by Crippen LogP contribution is 2.22. The number of benzene rings is 1. The lowest BCUT2D eigenvalue weighted by Crippen LogP contribution is -2.31. The molecule has 0 heterocycles. The van der Waals surface area contributed by atoms with Crippen LogP contribution in [0.4, 0.5) is 22.0 Å². The standard InChI is InChI=1S/C11H9BrF5NO/c1-18(3-2-11(15,16)17)10(19)9-7(13)4-6(12)5-8(9)14/h4-5H,2-3H2,1H3. The Bertz CT molecular complexity index is 465. The molecule has 1 aromatic carbocycles. The molecule has 8 heteroatoms. The van der Waals surface area contributed by atoms with E-state index in [-0.39, 0.29) is 4.47 Å². The van der Waals surface area contributed by atoms with Crippen molar-refractivity contribution >= 4 is 21.8 Å². The molecule has 0 aliphatic heterocycles. The molecule has 0 saturated heterocycles. The molecule has 1 aromatic rings. The summed E-state index contributed by atoms with van der Waals surface area (Å²) in [5.74, 6) is -3.39. The third-order valence-corrected chi connectivity index (χ3v) is 2.76. The van der Waals surface area contributed by atoms with E-state index in [1.54, 1.807) is 0 Å². The summed E-state index contributed by atoms with van der Waals surface area (Å²) in [7, 11) is 1.05. The maximum atomic E-state index is 13.5. The molecule has 0 radical (unpaired) electrons. The summed E-state index contributed by atoms with van der Waals surface area (Å²) in [5.41, 5.74) is -0.868. The van der Waals surface area contributed by atoms with Crippen LogP contribution in [-0.2, 0) is 0 Å². The van der Waals surface area contributed by atoms with E-state index in [1.165, 1.54) is 0 Å². The first-order valence-electron chi connectivity index (χ1n) is 5.08. The van der Waals surface area contributed by atoms with Crippen LogP contribution < -0.4 is 0 Å². The maximum Gasteiger partial charge on any atom is 0.390 e. The summed E-state index contributed by atoms with van der Waals surface area (Å²) in [4.78, 5) is 12.3. The topological polar surface area (TPSA) is 20.3 Å². The lowest BCUT2D eigenvalue weighted by molar-refractivity contribution is -0.136. The zero-order chi connectivity index (χ0) is 14.8. The molecule has 0 spiro atoms. The molecule has 19 heavy (non-hydrogen) atoms. The molecule has 0 unspecified atom stereocenters. The van der Waals surface area contributed by atoms with Crippen molar-refractivity contribution in [3.8, 4) is 0 Å². The van der Waals surface area contributed by atoms with Gasteiger partial charge in [-0.25, -0.2) is 8.78 Å². The first kappa shape index (κ1) is 15.9. The van der Waals surface area contributed by atoms with Crippen molar-refractivity contribution in [1.82, 2.24) is 4.90 Å². The van der Waals surface area contributed by atoms with Crippen LogP contribution in [0, 0.1) is 11.6 Å². The van der Waals surface area contributed by atoms with E-state index in [2.05, 4.69) is 15.9 Å². The maximum absolute atomic E-state index is 13.5. The molecule has 0 aliphatic carbocycles. The smallest absolute Gasteiger partial charge is 0.341 e. The van der Waals surface area contributed by atoms with E-state index in [1.807, 2.05) is 0 Å². The first-order valence-corrected chi connectivity index (χ1v) is 5.88. The summed E-state index contributed by atoms with van der Waals surface area (Å²) in [5, 5.41) is 0. The fraction of sp³-hybridized carbons (Fsp3) is 0.364. The zero-order valence-electron chi connectivity index (χ0n) is 9.69. The average Bonchev–Trinajstić information content (AvgIpc) is 2.23. The van der Waals surface area contributed by atoms with Crippen molar-refractivity contribution < 1.29 is 26.7 Å². The van der Waals surface area contributed by atoms with Gasteiger partial charge in [0.15, 0.2) is 0 Å². The van der Waals surface area contributed by atoms with Crippen LogP contribution in [-0.4, -0.2) is 30.6 Å². The van der Waals surface area contributed by atoms with Gasteiger partial charge in [-0.2, -0.15) is 13.2 Å². The average molecular weight is 346 g/mol. The molecule has 0 bridgehead atoms. The Morgan fingerprint density at radius 1 is 1.26 bits per heavy atom. The van der Waals surface area contributed by atoms with Gasteiger partial charge in [0.1, 0.15) is 17.2 Å². The van der Waals surface area contributed by atoms with E-state index in [4.69, 9.17) is 0 Å². The molecule has 1 amide bonds. The Morgan fingerprint density at radius 2 is 1.74 bits per heavy atom.